The molecule has 0 aromatic heterocycles. The van der Waals surface area contributed by atoms with Gasteiger partial charge in [-0.1, -0.05) is 31.9 Å². The summed E-state index contributed by atoms with van der Waals surface area (Å²) >= 11 is 6.99. The lowest BCUT2D eigenvalue weighted by Crippen LogP contribution is -2.37. The van der Waals surface area contributed by atoms with E-state index >= 15 is 0 Å². The molecule has 102 valence electrons. The Morgan fingerprint density at radius 3 is 2.50 bits per heavy atom. The van der Waals surface area contributed by atoms with Crippen molar-refractivity contribution in [2.45, 2.75) is 19.5 Å². The normalized spacial score (nSPS) is 12.7. The lowest BCUT2D eigenvalue weighted by atomic mass is 10.2. The summed E-state index contributed by atoms with van der Waals surface area (Å²) in [5.41, 5.74) is 1.26. The Labute approximate surface area is 126 Å². The number of halogens is 2. The maximum Gasteiger partial charge on any atom is 0.0587 e. The average Bonchev–Trinajstić information content (AvgIpc) is 2.31. The van der Waals surface area contributed by atoms with Gasteiger partial charge < -0.3 is 15.4 Å². The second kappa shape index (κ2) is 9.04. The molecule has 1 atom stereocenters. The molecule has 1 rings (SSSR count). The van der Waals surface area contributed by atoms with Gasteiger partial charge >= 0.3 is 0 Å². The van der Waals surface area contributed by atoms with Crippen LogP contribution in [0.2, 0.25) is 0 Å². The lowest BCUT2D eigenvalue weighted by molar-refractivity contribution is 0.198. The van der Waals surface area contributed by atoms with Crippen molar-refractivity contribution in [2.24, 2.45) is 0 Å². The molecule has 0 saturated carbocycles. The molecule has 2 N–H and O–H groups in total. The topological polar surface area (TPSA) is 33.3 Å². The predicted octanol–water partition coefficient (Wildman–Crippen LogP) is 2.93. The highest BCUT2D eigenvalue weighted by atomic mass is 79.9. The van der Waals surface area contributed by atoms with E-state index in [0.29, 0.717) is 6.04 Å². The highest BCUT2D eigenvalue weighted by molar-refractivity contribution is 9.11. The van der Waals surface area contributed by atoms with Gasteiger partial charge in [0.2, 0.25) is 0 Å². The van der Waals surface area contributed by atoms with Crippen LogP contribution in [-0.2, 0) is 11.3 Å². The van der Waals surface area contributed by atoms with Gasteiger partial charge in [0.1, 0.15) is 0 Å². The molecule has 0 spiro atoms. The Kier molecular flexibility index (Phi) is 8.10. The molecular formula is C13H20Br2N2O. The van der Waals surface area contributed by atoms with E-state index in [1.54, 1.807) is 7.11 Å². The molecule has 0 aliphatic rings. The van der Waals surface area contributed by atoms with Gasteiger partial charge in [-0.2, -0.15) is 0 Å². The van der Waals surface area contributed by atoms with E-state index in [1.165, 1.54) is 5.56 Å². The van der Waals surface area contributed by atoms with E-state index < -0.39 is 0 Å². The predicted molar refractivity (Wildman–Crippen MR) is 82.9 cm³/mol. The van der Waals surface area contributed by atoms with Crippen molar-refractivity contribution < 1.29 is 4.74 Å². The zero-order valence-electron chi connectivity index (χ0n) is 10.8. The molecule has 18 heavy (non-hydrogen) atoms. The summed E-state index contributed by atoms with van der Waals surface area (Å²) in [6.45, 7) is 5.63. The fourth-order valence-electron chi connectivity index (χ4n) is 1.57. The number of ether oxygens (including phenoxy) is 1. The van der Waals surface area contributed by atoms with E-state index in [9.17, 15) is 0 Å². The molecule has 1 aromatic rings. The van der Waals surface area contributed by atoms with Crippen molar-refractivity contribution in [3.05, 3.63) is 32.7 Å². The summed E-state index contributed by atoms with van der Waals surface area (Å²) in [6, 6.07) is 6.73. The molecule has 1 unspecified atom stereocenters. The van der Waals surface area contributed by atoms with Crippen molar-refractivity contribution in [2.75, 3.05) is 26.8 Å². The zero-order valence-corrected chi connectivity index (χ0v) is 14.0. The molecule has 0 fully saturated rings. The van der Waals surface area contributed by atoms with Crippen LogP contribution in [0.4, 0.5) is 0 Å². The Bertz CT molecular complexity index is 341. The van der Waals surface area contributed by atoms with Crippen LogP contribution < -0.4 is 10.6 Å². The largest absolute Gasteiger partial charge is 0.383 e. The maximum absolute atomic E-state index is 4.99. The summed E-state index contributed by atoms with van der Waals surface area (Å²) in [7, 11) is 1.72. The number of rotatable bonds is 8. The summed E-state index contributed by atoms with van der Waals surface area (Å²) in [4.78, 5) is 0. The summed E-state index contributed by atoms with van der Waals surface area (Å²) in [5.74, 6) is 0. The fourth-order valence-corrected chi connectivity index (χ4v) is 2.96. The van der Waals surface area contributed by atoms with Crippen LogP contribution in [0.5, 0.6) is 0 Å². The number of hydrogen-bond acceptors (Lipinski definition) is 3. The quantitative estimate of drug-likeness (QED) is 0.681. The Morgan fingerprint density at radius 2 is 1.89 bits per heavy atom. The van der Waals surface area contributed by atoms with Gasteiger partial charge in [-0.15, -0.1) is 0 Å². The molecule has 5 heteroatoms. The van der Waals surface area contributed by atoms with E-state index in [-0.39, 0.29) is 0 Å². The number of methoxy groups -OCH3 is 1. The highest BCUT2D eigenvalue weighted by Gasteiger charge is 2.02. The molecule has 0 bridgehead atoms. The van der Waals surface area contributed by atoms with Crippen molar-refractivity contribution in [3.8, 4) is 0 Å². The molecule has 0 heterocycles. The third-order valence-corrected chi connectivity index (χ3v) is 3.43. The van der Waals surface area contributed by atoms with Crippen molar-refractivity contribution in [3.63, 3.8) is 0 Å². The zero-order chi connectivity index (χ0) is 13.4. The Hall–Kier alpha value is 0.0600. The van der Waals surface area contributed by atoms with E-state index in [4.69, 9.17) is 4.74 Å². The molecular weight excluding hydrogens is 360 g/mol. The maximum atomic E-state index is 4.99. The minimum atomic E-state index is 0.430. The average molecular weight is 380 g/mol. The molecule has 1 aromatic carbocycles. The first-order chi connectivity index (χ1) is 8.61. The third kappa shape index (κ3) is 6.85. The Morgan fingerprint density at radius 1 is 1.22 bits per heavy atom. The van der Waals surface area contributed by atoms with Gasteiger partial charge in [-0.3, -0.25) is 0 Å². The minimum absolute atomic E-state index is 0.430. The van der Waals surface area contributed by atoms with Gasteiger partial charge in [-0.25, -0.2) is 0 Å². The van der Waals surface area contributed by atoms with Crippen LogP contribution in [0.3, 0.4) is 0 Å². The van der Waals surface area contributed by atoms with Gasteiger partial charge in [0.25, 0.3) is 0 Å². The van der Waals surface area contributed by atoms with Crippen LogP contribution in [0.1, 0.15) is 12.5 Å². The third-order valence-electron chi connectivity index (χ3n) is 2.51. The second-order valence-corrected chi connectivity index (χ2v) is 6.09. The molecule has 0 aliphatic heterocycles. The standard InChI is InChI=1S/C13H20Br2N2O/c1-10(8-16-3-4-18-2)17-9-11-5-12(14)7-13(15)6-11/h5-7,10,16-17H,3-4,8-9H2,1-2H3. The monoisotopic (exact) mass is 378 g/mol. The van der Waals surface area contributed by atoms with Crippen LogP contribution in [0, 0.1) is 0 Å². The fraction of sp³-hybridized carbons (Fsp3) is 0.538. The first-order valence-corrected chi connectivity index (χ1v) is 7.58. The summed E-state index contributed by atoms with van der Waals surface area (Å²) in [5, 5.41) is 6.82. The van der Waals surface area contributed by atoms with Crippen molar-refractivity contribution >= 4 is 31.9 Å². The van der Waals surface area contributed by atoms with Crippen LogP contribution >= 0.6 is 31.9 Å². The minimum Gasteiger partial charge on any atom is -0.383 e. The molecule has 3 nitrogen and oxygen atoms in total. The van der Waals surface area contributed by atoms with Gasteiger partial charge in [0.05, 0.1) is 6.61 Å². The van der Waals surface area contributed by atoms with Crippen LogP contribution in [0.15, 0.2) is 27.1 Å². The van der Waals surface area contributed by atoms with E-state index in [2.05, 4.69) is 61.5 Å². The number of hydrogen-bond donors (Lipinski definition) is 2. The van der Waals surface area contributed by atoms with E-state index in [0.717, 1.165) is 35.2 Å². The van der Waals surface area contributed by atoms with Gasteiger partial charge in [0, 0.05) is 41.7 Å². The SMILES string of the molecule is COCCNCC(C)NCc1cc(Br)cc(Br)c1. The molecule has 0 radical (unpaired) electrons. The number of benzene rings is 1. The van der Waals surface area contributed by atoms with Crippen molar-refractivity contribution in [1.82, 2.24) is 10.6 Å². The highest BCUT2D eigenvalue weighted by Crippen LogP contribution is 2.19. The molecule has 0 amide bonds. The van der Waals surface area contributed by atoms with Gasteiger partial charge in [0.15, 0.2) is 0 Å². The summed E-state index contributed by atoms with van der Waals surface area (Å²) < 4.78 is 7.18. The van der Waals surface area contributed by atoms with Gasteiger partial charge in [-0.05, 0) is 30.7 Å². The number of nitrogens with one attached hydrogen (secondary N) is 2. The first-order valence-electron chi connectivity index (χ1n) is 6.00. The molecule has 0 saturated heterocycles. The first kappa shape index (κ1) is 16.1. The van der Waals surface area contributed by atoms with Crippen LogP contribution in [0.25, 0.3) is 0 Å². The van der Waals surface area contributed by atoms with E-state index in [1.807, 2.05) is 6.07 Å². The second-order valence-electron chi connectivity index (χ2n) is 4.26. The smallest absolute Gasteiger partial charge is 0.0587 e. The molecule has 0 aliphatic carbocycles. The lowest BCUT2D eigenvalue weighted by Gasteiger charge is -2.15. The summed E-state index contributed by atoms with van der Waals surface area (Å²) in [6.07, 6.45) is 0. The van der Waals surface area contributed by atoms with Crippen LogP contribution in [-0.4, -0.2) is 32.8 Å². The Balaban J connectivity index is 2.26. The van der Waals surface area contributed by atoms with Crippen molar-refractivity contribution in [1.29, 1.82) is 0 Å².